The Morgan fingerprint density at radius 1 is 1.00 bits per heavy atom. The van der Waals surface area contributed by atoms with Gasteiger partial charge in [-0.15, -0.1) is 0 Å². The van der Waals surface area contributed by atoms with E-state index >= 15 is 0 Å². The fourth-order valence-electron chi connectivity index (χ4n) is 8.68. The minimum atomic E-state index is -0.0480. The lowest BCUT2D eigenvalue weighted by Crippen LogP contribution is -2.49. The second kappa shape index (κ2) is 8.42. The normalized spacial score (nSPS) is 45.6. The number of allylic oxidation sites excluding steroid dienone is 4. The average molecular weight is 413 g/mol. The highest BCUT2D eigenvalue weighted by atomic mass is 16.3. The van der Waals surface area contributed by atoms with Gasteiger partial charge in [-0.05, 0) is 110 Å². The summed E-state index contributed by atoms with van der Waals surface area (Å²) in [4.78, 5) is 0. The minimum Gasteiger partial charge on any atom is -0.393 e. The zero-order valence-corrected chi connectivity index (χ0v) is 20.7. The van der Waals surface area contributed by atoms with Crippen LogP contribution in [0.2, 0.25) is 0 Å². The largest absolute Gasteiger partial charge is 0.393 e. The maximum absolute atomic E-state index is 10.3. The molecule has 0 aromatic carbocycles. The molecule has 4 aliphatic rings. The SMILES string of the molecule is CC[C@H](C=C[C@H](C)[C@@H]1CC[C@H]2C3=CC[C@H]4C[C@H](O)CC[C@]4(C)[C@H]3CC[C@@]21C)C(C)C. The topological polar surface area (TPSA) is 20.2 Å². The molecule has 0 bridgehead atoms. The van der Waals surface area contributed by atoms with E-state index in [9.17, 15) is 5.11 Å². The molecule has 170 valence electrons. The van der Waals surface area contributed by atoms with Gasteiger partial charge in [0, 0.05) is 0 Å². The number of hydrogen-bond donors (Lipinski definition) is 1. The summed E-state index contributed by atoms with van der Waals surface area (Å²) in [7, 11) is 0. The van der Waals surface area contributed by atoms with Crippen LogP contribution in [0.25, 0.3) is 0 Å². The molecule has 0 unspecified atom stereocenters. The zero-order valence-electron chi connectivity index (χ0n) is 20.7. The van der Waals surface area contributed by atoms with Crippen molar-refractivity contribution < 1.29 is 5.11 Å². The van der Waals surface area contributed by atoms with Crippen molar-refractivity contribution in [2.45, 2.75) is 105 Å². The maximum Gasteiger partial charge on any atom is 0.0543 e. The summed E-state index contributed by atoms with van der Waals surface area (Å²) in [6, 6.07) is 0. The molecule has 0 amide bonds. The second-order valence-electron chi connectivity index (χ2n) is 12.5. The monoisotopic (exact) mass is 412 g/mol. The molecule has 0 aromatic rings. The molecular formula is C29H48O. The summed E-state index contributed by atoms with van der Waals surface area (Å²) in [5.74, 6) is 5.32. The Morgan fingerprint density at radius 3 is 2.40 bits per heavy atom. The van der Waals surface area contributed by atoms with Crippen LogP contribution in [0.15, 0.2) is 23.8 Å². The molecule has 3 fully saturated rings. The van der Waals surface area contributed by atoms with Gasteiger partial charge in [-0.25, -0.2) is 0 Å². The lowest BCUT2D eigenvalue weighted by Gasteiger charge is -2.57. The highest BCUT2D eigenvalue weighted by Crippen LogP contribution is 2.66. The van der Waals surface area contributed by atoms with Crippen LogP contribution < -0.4 is 0 Å². The minimum absolute atomic E-state index is 0.0480. The van der Waals surface area contributed by atoms with E-state index in [2.05, 4.69) is 59.8 Å². The van der Waals surface area contributed by atoms with Crippen molar-refractivity contribution in [3.05, 3.63) is 23.8 Å². The average Bonchev–Trinajstić information content (AvgIpc) is 3.06. The molecule has 4 aliphatic carbocycles. The summed E-state index contributed by atoms with van der Waals surface area (Å²) in [6.07, 6.45) is 19.2. The molecular weight excluding hydrogens is 364 g/mol. The Morgan fingerprint density at radius 2 is 1.70 bits per heavy atom. The van der Waals surface area contributed by atoms with Crippen LogP contribution in [0.5, 0.6) is 0 Å². The smallest absolute Gasteiger partial charge is 0.0543 e. The van der Waals surface area contributed by atoms with Gasteiger partial charge in [-0.1, -0.05) is 65.3 Å². The lowest BCUT2D eigenvalue weighted by molar-refractivity contribution is -0.0414. The third-order valence-electron chi connectivity index (χ3n) is 10.7. The van der Waals surface area contributed by atoms with E-state index in [1.807, 2.05) is 5.57 Å². The van der Waals surface area contributed by atoms with E-state index in [-0.39, 0.29) is 6.10 Å². The molecule has 1 nitrogen and oxygen atoms in total. The number of aliphatic hydroxyl groups excluding tert-OH is 1. The van der Waals surface area contributed by atoms with Crippen molar-refractivity contribution in [3.63, 3.8) is 0 Å². The first-order chi connectivity index (χ1) is 14.2. The lowest BCUT2D eigenvalue weighted by atomic mass is 9.47. The second-order valence-corrected chi connectivity index (χ2v) is 12.5. The Bertz CT molecular complexity index is 674. The van der Waals surface area contributed by atoms with Crippen molar-refractivity contribution in [3.8, 4) is 0 Å². The van der Waals surface area contributed by atoms with Gasteiger partial charge in [-0.2, -0.15) is 0 Å². The van der Waals surface area contributed by atoms with Crippen LogP contribution in [0, 0.1) is 52.3 Å². The van der Waals surface area contributed by atoms with Crippen LogP contribution in [0.1, 0.15) is 99.3 Å². The number of rotatable bonds is 5. The van der Waals surface area contributed by atoms with Crippen LogP contribution in [-0.2, 0) is 0 Å². The van der Waals surface area contributed by atoms with Crippen LogP contribution in [-0.4, -0.2) is 11.2 Å². The highest BCUT2D eigenvalue weighted by molar-refractivity contribution is 5.28. The van der Waals surface area contributed by atoms with Crippen molar-refractivity contribution in [1.29, 1.82) is 0 Å². The van der Waals surface area contributed by atoms with Gasteiger partial charge in [0.15, 0.2) is 0 Å². The van der Waals surface area contributed by atoms with Gasteiger partial charge in [-0.3, -0.25) is 0 Å². The molecule has 0 radical (unpaired) electrons. The fourth-order valence-corrected chi connectivity index (χ4v) is 8.68. The van der Waals surface area contributed by atoms with Crippen molar-refractivity contribution in [2.75, 3.05) is 0 Å². The molecule has 30 heavy (non-hydrogen) atoms. The zero-order chi connectivity index (χ0) is 21.7. The predicted octanol–water partition coefficient (Wildman–Crippen LogP) is 7.80. The molecule has 1 N–H and O–H groups in total. The molecule has 9 atom stereocenters. The number of aliphatic hydroxyl groups is 1. The molecule has 0 aliphatic heterocycles. The van der Waals surface area contributed by atoms with Crippen molar-refractivity contribution in [2.24, 2.45) is 52.3 Å². The summed E-state index contributed by atoms with van der Waals surface area (Å²) in [5.41, 5.74) is 2.79. The first-order valence-corrected chi connectivity index (χ1v) is 13.3. The van der Waals surface area contributed by atoms with E-state index in [0.29, 0.717) is 22.7 Å². The molecule has 1 heteroatoms. The summed E-state index contributed by atoms with van der Waals surface area (Å²) < 4.78 is 0. The predicted molar refractivity (Wildman–Crippen MR) is 128 cm³/mol. The quantitative estimate of drug-likeness (QED) is 0.457. The molecule has 0 aromatic heterocycles. The molecule has 4 rings (SSSR count). The highest BCUT2D eigenvalue weighted by Gasteiger charge is 2.57. The van der Waals surface area contributed by atoms with Gasteiger partial charge < -0.3 is 5.11 Å². The van der Waals surface area contributed by atoms with Gasteiger partial charge in [0.05, 0.1) is 6.10 Å². The maximum atomic E-state index is 10.3. The Kier molecular flexibility index (Phi) is 6.35. The molecule has 3 saturated carbocycles. The first-order valence-electron chi connectivity index (χ1n) is 13.3. The van der Waals surface area contributed by atoms with Crippen LogP contribution in [0.3, 0.4) is 0 Å². The van der Waals surface area contributed by atoms with Crippen LogP contribution >= 0.6 is 0 Å². The van der Waals surface area contributed by atoms with Crippen molar-refractivity contribution in [1.82, 2.24) is 0 Å². The van der Waals surface area contributed by atoms with Gasteiger partial charge in [0.2, 0.25) is 0 Å². The first kappa shape index (κ1) is 22.6. The van der Waals surface area contributed by atoms with Gasteiger partial charge in [0.25, 0.3) is 0 Å². The third kappa shape index (κ3) is 3.66. The number of fused-ring (bicyclic) bond motifs is 5. The van der Waals surface area contributed by atoms with Gasteiger partial charge in [0.1, 0.15) is 0 Å². The van der Waals surface area contributed by atoms with E-state index < -0.39 is 0 Å². The van der Waals surface area contributed by atoms with E-state index in [1.165, 1.54) is 44.9 Å². The summed E-state index contributed by atoms with van der Waals surface area (Å²) in [6.45, 7) is 14.8. The fraction of sp³-hybridized carbons (Fsp3) is 0.862. The molecule has 0 heterocycles. The van der Waals surface area contributed by atoms with E-state index in [1.54, 1.807) is 0 Å². The summed E-state index contributed by atoms with van der Waals surface area (Å²) in [5, 5.41) is 10.3. The Balaban J connectivity index is 1.53. The number of hydrogen-bond acceptors (Lipinski definition) is 1. The van der Waals surface area contributed by atoms with E-state index in [4.69, 9.17) is 0 Å². The third-order valence-corrected chi connectivity index (χ3v) is 10.7. The van der Waals surface area contributed by atoms with Gasteiger partial charge >= 0.3 is 0 Å². The Hall–Kier alpha value is -0.560. The standard InChI is InChI=1S/C29H48O/c1-7-21(19(2)3)9-8-20(4)25-12-13-26-24-11-10-22-18-23(30)14-16-28(22,5)27(24)15-17-29(25,26)6/h8-9,11,19-23,25-27,30H,7,10,12-18H2,1-6H3/t20-,21+,22-,23+,25-,26-,27-,28-,29+/m0/s1. The summed E-state index contributed by atoms with van der Waals surface area (Å²) >= 11 is 0. The Labute approximate surface area is 186 Å². The molecule has 0 saturated heterocycles. The van der Waals surface area contributed by atoms with Crippen molar-refractivity contribution >= 4 is 0 Å². The van der Waals surface area contributed by atoms with E-state index in [0.717, 1.165) is 42.4 Å². The van der Waals surface area contributed by atoms with Crippen LogP contribution in [0.4, 0.5) is 0 Å². The molecule has 0 spiro atoms.